The summed E-state index contributed by atoms with van der Waals surface area (Å²) in [5.74, 6) is 0. The van der Waals surface area contributed by atoms with Crippen molar-refractivity contribution in [2.24, 2.45) is 5.16 Å². The van der Waals surface area contributed by atoms with Crippen molar-refractivity contribution >= 4 is 17.2 Å². The molecule has 1 unspecified atom stereocenters. The van der Waals surface area contributed by atoms with Crippen LogP contribution in [0.15, 0.2) is 5.16 Å². The van der Waals surface area contributed by atoms with Crippen LogP contribution in [0, 0.1) is 0 Å². The Balaban J connectivity index is 3.32. The zero-order chi connectivity index (χ0) is 5.70. The molecule has 0 N–H and O–H groups in total. The van der Waals surface area contributed by atoms with Gasteiger partial charge in [0.25, 0.3) is 6.08 Å². The molecule has 0 aromatic carbocycles. The highest BCUT2D eigenvalue weighted by atomic mass is 32.2. The number of nitrogens with zero attached hydrogens (tertiary/aromatic N) is 1. The van der Waals surface area contributed by atoms with E-state index in [0.29, 0.717) is 0 Å². The molecule has 0 heterocycles. The van der Waals surface area contributed by atoms with Crippen LogP contribution in [0.1, 0.15) is 0 Å². The monoisotopic (exact) mass is 121 g/mol. The first-order valence-electron chi connectivity index (χ1n) is 1.35. The molecule has 40 valence electrons. The second-order valence-electron chi connectivity index (χ2n) is 0.658. The molecule has 5 heteroatoms. The van der Waals surface area contributed by atoms with Gasteiger partial charge in [-0.15, -0.1) is 0 Å². The van der Waals surface area contributed by atoms with Gasteiger partial charge in [0.05, 0.1) is 6.26 Å². The van der Waals surface area contributed by atoms with Crippen LogP contribution in [-0.4, -0.2) is 16.5 Å². The lowest BCUT2D eigenvalue weighted by atomic mass is 11.7. The molecule has 0 aliphatic carbocycles. The minimum absolute atomic E-state index is 1.06. The predicted octanol–water partition coefficient (Wildman–Crippen LogP) is -0.453. The van der Waals surface area contributed by atoms with Gasteiger partial charge in [-0.05, 0) is 0 Å². The highest BCUT2D eigenvalue weighted by Crippen LogP contribution is 1.74. The molecule has 0 bridgehead atoms. The standard InChI is InChI=1S/C2H3NO3S/c1-7(5)6-3-2-4/h1H3. The summed E-state index contributed by atoms with van der Waals surface area (Å²) in [5.41, 5.74) is 0. The van der Waals surface area contributed by atoms with Crippen molar-refractivity contribution in [3.05, 3.63) is 0 Å². The zero-order valence-electron chi connectivity index (χ0n) is 3.58. The zero-order valence-corrected chi connectivity index (χ0v) is 4.40. The number of hydrogen-bond acceptors (Lipinski definition) is 4. The Bertz CT molecular complexity index is 116. The quantitative estimate of drug-likeness (QED) is 0.282. The summed E-state index contributed by atoms with van der Waals surface area (Å²) < 4.78 is 13.7. The van der Waals surface area contributed by atoms with Gasteiger partial charge < -0.3 is 0 Å². The summed E-state index contributed by atoms with van der Waals surface area (Å²) in [7, 11) is 0. The normalized spacial score (nSPS) is 11.6. The van der Waals surface area contributed by atoms with Crippen molar-refractivity contribution in [1.29, 1.82) is 0 Å². The molecule has 0 saturated carbocycles. The van der Waals surface area contributed by atoms with E-state index in [0.717, 1.165) is 6.08 Å². The third-order valence-corrected chi connectivity index (χ3v) is 0.464. The Morgan fingerprint density at radius 2 is 2.43 bits per heavy atom. The molecule has 0 fully saturated rings. The van der Waals surface area contributed by atoms with Crippen molar-refractivity contribution in [1.82, 2.24) is 0 Å². The maximum atomic E-state index is 9.82. The average molecular weight is 121 g/mol. The molecule has 4 nitrogen and oxygen atoms in total. The molecule has 7 heavy (non-hydrogen) atoms. The van der Waals surface area contributed by atoms with Gasteiger partial charge in [-0.1, -0.05) is 0 Å². The van der Waals surface area contributed by atoms with E-state index in [9.17, 15) is 4.21 Å². The maximum Gasteiger partial charge on any atom is 0.278 e. The molecular weight excluding hydrogens is 118 g/mol. The van der Waals surface area contributed by atoms with E-state index in [2.05, 4.69) is 9.44 Å². The number of hydrogen-bond donors (Lipinski definition) is 0. The molecule has 0 amide bonds. The molecular formula is C2H3NO3S. The van der Waals surface area contributed by atoms with E-state index in [-0.39, 0.29) is 0 Å². The van der Waals surface area contributed by atoms with Gasteiger partial charge in [-0.3, -0.25) is 4.28 Å². The molecule has 0 saturated heterocycles. The Morgan fingerprint density at radius 1 is 1.86 bits per heavy atom. The van der Waals surface area contributed by atoms with Crippen molar-refractivity contribution in [3.8, 4) is 0 Å². The van der Waals surface area contributed by atoms with Crippen LogP contribution in [0.4, 0.5) is 0 Å². The number of isocyanates is 1. The molecule has 0 aromatic heterocycles. The summed E-state index contributed by atoms with van der Waals surface area (Å²) in [6.07, 6.45) is 2.31. The molecule has 0 radical (unpaired) electrons. The van der Waals surface area contributed by atoms with Gasteiger partial charge in [0.1, 0.15) is 0 Å². The van der Waals surface area contributed by atoms with Crippen molar-refractivity contribution in [3.63, 3.8) is 0 Å². The summed E-state index contributed by atoms with van der Waals surface area (Å²) in [5, 5.41) is 2.57. The molecule has 1 atom stereocenters. The minimum atomic E-state index is -1.49. The smallest absolute Gasteiger partial charge is 0.278 e. The van der Waals surface area contributed by atoms with Crippen LogP contribution in [0.25, 0.3) is 0 Å². The second-order valence-corrected chi connectivity index (χ2v) is 1.61. The van der Waals surface area contributed by atoms with Crippen LogP contribution in [-0.2, 0) is 20.2 Å². The van der Waals surface area contributed by atoms with E-state index in [1.54, 1.807) is 0 Å². The summed E-state index contributed by atoms with van der Waals surface area (Å²) in [6.45, 7) is 0. The van der Waals surface area contributed by atoms with E-state index >= 15 is 0 Å². The van der Waals surface area contributed by atoms with Gasteiger partial charge in [0.15, 0.2) is 0 Å². The van der Waals surface area contributed by atoms with Gasteiger partial charge >= 0.3 is 0 Å². The van der Waals surface area contributed by atoms with Crippen molar-refractivity contribution in [2.75, 3.05) is 6.26 Å². The fourth-order valence-corrected chi connectivity index (χ4v) is 0.203. The van der Waals surface area contributed by atoms with E-state index < -0.39 is 11.1 Å². The minimum Gasteiger partial charge on any atom is -0.281 e. The fraction of sp³-hybridized carbons (Fsp3) is 0.500. The van der Waals surface area contributed by atoms with Crippen LogP contribution < -0.4 is 0 Å². The summed E-state index contributed by atoms with van der Waals surface area (Å²) >= 11 is -1.49. The Morgan fingerprint density at radius 3 is 2.57 bits per heavy atom. The van der Waals surface area contributed by atoms with Crippen LogP contribution in [0.5, 0.6) is 0 Å². The Kier molecular flexibility index (Phi) is 3.18. The van der Waals surface area contributed by atoms with Crippen LogP contribution >= 0.6 is 0 Å². The number of rotatable bonds is 2. The van der Waals surface area contributed by atoms with Gasteiger partial charge in [0.2, 0.25) is 11.1 Å². The fourth-order valence-electron chi connectivity index (χ4n) is 0.0677. The van der Waals surface area contributed by atoms with Gasteiger partial charge in [-0.25, -0.2) is 9.00 Å². The second kappa shape index (κ2) is 3.52. The SMILES string of the molecule is CS(=O)ON=C=O. The lowest BCUT2D eigenvalue weighted by Crippen LogP contribution is -1.83. The maximum absolute atomic E-state index is 9.82. The summed E-state index contributed by atoms with van der Waals surface area (Å²) in [6, 6.07) is 0. The van der Waals surface area contributed by atoms with Crippen molar-refractivity contribution in [2.45, 2.75) is 0 Å². The first kappa shape index (κ1) is 6.33. The first-order valence-corrected chi connectivity index (χ1v) is 2.84. The molecule has 0 rings (SSSR count). The van der Waals surface area contributed by atoms with E-state index in [4.69, 9.17) is 4.79 Å². The number of carbonyl (C=O) groups excluding carboxylic acids is 1. The third kappa shape index (κ3) is 5.33. The highest BCUT2D eigenvalue weighted by molar-refractivity contribution is 7.79. The lowest BCUT2D eigenvalue weighted by Gasteiger charge is -1.79. The Hall–Kier alpha value is -0.670. The molecule has 0 aliphatic rings. The predicted molar refractivity (Wildman–Crippen MR) is 23.3 cm³/mol. The largest absolute Gasteiger partial charge is 0.281 e. The Labute approximate surface area is 42.8 Å². The average Bonchev–Trinajstić information content (AvgIpc) is 1.61. The van der Waals surface area contributed by atoms with Gasteiger partial charge in [-0.2, -0.15) is 0 Å². The summed E-state index contributed by atoms with van der Waals surface area (Å²) in [4.78, 5) is 9.16. The van der Waals surface area contributed by atoms with Crippen molar-refractivity contribution < 1.29 is 13.3 Å². The molecule has 0 spiro atoms. The molecule has 0 aliphatic heterocycles. The van der Waals surface area contributed by atoms with E-state index in [1.165, 1.54) is 6.26 Å². The highest BCUT2D eigenvalue weighted by Gasteiger charge is 1.80. The van der Waals surface area contributed by atoms with E-state index in [1.807, 2.05) is 0 Å². The topological polar surface area (TPSA) is 55.7 Å². The third-order valence-electron chi connectivity index (χ3n) is 0.180. The first-order chi connectivity index (χ1) is 3.27. The van der Waals surface area contributed by atoms with Crippen LogP contribution in [0.3, 0.4) is 0 Å². The van der Waals surface area contributed by atoms with Gasteiger partial charge in [0, 0.05) is 5.16 Å². The molecule has 0 aromatic rings. The van der Waals surface area contributed by atoms with Crippen LogP contribution in [0.2, 0.25) is 0 Å². The lowest BCUT2D eigenvalue weighted by molar-refractivity contribution is 0.370.